The molecule has 8 nitrogen and oxygen atoms in total. The molecule has 0 atom stereocenters. The number of ether oxygens (including phenoxy) is 1. The molecule has 0 aliphatic carbocycles. The van der Waals surface area contributed by atoms with E-state index in [-0.39, 0.29) is 5.91 Å². The number of hydrogen-bond donors (Lipinski definition) is 1. The van der Waals surface area contributed by atoms with Crippen molar-refractivity contribution in [3.8, 4) is 11.4 Å². The summed E-state index contributed by atoms with van der Waals surface area (Å²) >= 11 is 0. The molecule has 1 aliphatic rings. The zero-order valence-corrected chi connectivity index (χ0v) is 19.3. The number of aromatic amines is 1. The van der Waals surface area contributed by atoms with Crippen LogP contribution in [0.2, 0.25) is 0 Å². The summed E-state index contributed by atoms with van der Waals surface area (Å²) < 4.78 is 5.16. The Balaban J connectivity index is 1.28. The Morgan fingerprint density at radius 3 is 2.68 bits per heavy atom. The molecule has 0 spiro atoms. The van der Waals surface area contributed by atoms with Crippen LogP contribution >= 0.6 is 0 Å². The van der Waals surface area contributed by atoms with E-state index >= 15 is 0 Å². The molecule has 0 radical (unpaired) electrons. The van der Waals surface area contributed by atoms with Crippen LogP contribution in [0, 0.1) is 0 Å². The zero-order valence-electron chi connectivity index (χ0n) is 19.3. The summed E-state index contributed by atoms with van der Waals surface area (Å²) in [6.45, 7) is 4.83. The maximum Gasteiger partial charge on any atom is 0.270 e. The molecule has 1 fully saturated rings. The van der Waals surface area contributed by atoms with Crippen molar-refractivity contribution in [2.45, 2.75) is 6.42 Å². The molecular weight excluding hydrogens is 428 g/mol. The van der Waals surface area contributed by atoms with E-state index in [1.54, 1.807) is 19.5 Å². The predicted molar refractivity (Wildman–Crippen MR) is 131 cm³/mol. The molecule has 8 heteroatoms. The van der Waals surface area contributed by atoms with Gasteiger partial charge in [0.2, 0.25) is 0 Å². The maximum absolute atomic E-state index is 13.1. The molecule has 3 aromatic heterocycles. The predicted octanol–water partition coefficient (Wildman–Crippen LogP) is 3.01. The van der Waals surface area contributed by atoms with Crippen LogP contribution in [0.1, 0.15) is 21.9 Å². The largest absolute Gasteiger partial charge is 0.383 e. The fourth-order valence-electron chi connectivity index (χ4n) is 4.30. The smallest absolute Gasteiger partial charge is 0.270 e. The van der Waals surface area contributed by atoms with Gasteiger partial charge >= 0.3 is 0 Å². The number of piperazine rings is 1. The average Bonchev–Trinajstić information content (AvgIpc) is 3.31. The summed E-state index contributed by atoms with van der Waals surface area (Å²) in [6.07, 6.45) is 4.14. The molecule has 1 aliphatic heterocycles. The third-order valence-corrected chi connectivity index (χ3v) is 6.18. The first kappa shape index (κ1) is 22.2. The second-order valence-corrected chi connectivity index (χ2v) is 8.48. The number of rotatable bonds is 7. The lowest BCUT2D eigenvalue weighted by Crippen LogP contribution is -2.49. The van der Waals surface area contributed by atoms with E-state index < -0.39 is 0 Å². The summed E-state index contributed by atoms with van der Waals surface area (Å²) in [4.78, 5) is 34.1. The van der Waals surface area contributed by atoms with Crippen molar-refractivity contribution in [1.82, 2.24) is 29.7 Å². The van der Waals surface area contributed by atoms with Crippen LogP contribution in [-0.2, 0) is 11.2 Å². The Morgan fingerprint density at radius 1 is 1.00 bits per heavy atom. The Bertz CT molecular complexity index is 1260. The van der Waals surface area contributed by atoms with Gasteiger partial charge in [0.25, 0.3) is 5.91 Å². The van der Waals surface area contributed by atoms with Crippen LogP contribution < -0.4 is 0 Å². The van der Waals surface area contributed by atoms with Crippen LogP contribution in [0.3, 0.4) is 0 Å². The molecule has 5 rings (SSSR count). The third kappa shape index (κ3) is 4.98. The molecule has 174 valence electrons. The van der Waals surface area contributed by atoms with Crippen molar-refractivity contribution in [3.05, 3.63) is 78.0 Å². The fraction of sp³-hybridized carbons (Fsp3) is 0.308. The number of fused-ring (bicyclic) bond motifs is 1. The van der Waals surface area contributed by atoms with Crippen LogP contribution in [0.4, 0.5) is 0 Å². The maximum atomic E-state index is 13.1. The molecule has 0 unspecified atom stereocenters. The van der Waals surface area contributed by atoms with Crippen molar-refractivity contribution in [3.63, 3.8) is 0 Å². The average molecular weight is 457 g/mol. The molecule has 1 saturated heterocycles. The van der Waals surface area contributed by atoms with Crippen LogP contribution in [0.5, 0.6) is 0 Å². The van der Waals surface area contributed by atoms with Crippen molar-refractivity contribution in [2.24, 2.45) is 0 Å². The first-order valence-electron chi connectivity index (χ1n) is 11.5. The number of nitrogens with one attached hydrogen (secondary N) is 1. The standard InChI is InChI=1S/C26H28N6O2/c1-34-15-14-31-10-12-32(13-11-31)26(33)24-18-20-16-19(5-6-21(20)29-24)17-25-28-9-7-23(30-25)22-4-2-3-8-27-22/h2-9,16,18,29H,10-15,17H2,1H3. The van der Waals surface area contributed by atoms with Gasteiger partial charge in [-0.15, -0.1) is 0 Å². The second-order valence-electron chi connectivity index (χ2n) is 8.48. The number of pyridine rings is 1. The topological polar surface area (TPSA) is 87.2 Å². The van der Waals surface area contributed by atoms with Gasteiger partial charge in [0.1, 0.15) is 11.5 Å². The van der Waals surface area contributed by atoms with E-state index in [2.05, 4.69) is 37.0 Å². The first-order chi connectivity index (χ1) is 16.7. The van der Waals surface area contributed by atoms with E-state index in [4.69, 9.17) is 4.74 Å². The van der Waals surface area contributed by atoms with Crippen molar-refractivity contribution < 1.29 is 9.53 Å². The minimum atomic E-state index is 0.0514. The molecule has 0 saturated carbocycles. The molecular formula is C26H28N6O2. The van der Waals surface area contributed by atoms with E-state index in [1.807, 2.05) is 41.3 Å². The zero-order chi connectivity index (χ0) is 23.3. The SMILES string of the molecule is COCCN1CCN(C(=O)c2cc3cc(Cc4nccc(-c5ccccn5)n4)ccc3[nH]2)CC1. The number of H-pyrrole nitrogens is 1. The minimum absolute atomic E-state index is 0.0514. The lowest BCUT2D eigenvalue weighted by atomic mass is 10.1. The minimum Gasteiger partial charge on any atom is -0.383 e. The van der Waals surface area contributed by atoms with Gasteiger partial charge in [0, 0.05) is 69.6 Å². The number of carbonyl (C=O) groups is 1. The number of amides is 1. The molecule has 1 N–H and O–H groups in total. The van der Waals surface area contributed by atoms with Gasteiger partial charge in [0.05, 0.1) is 18.0 Å². The summed E-state index contributed by atoms with van der Waals surface area (Å²) in [7, 11) is 1.72. The number of aromatic nitrogens is 4. The van der Waals surface area contributed by atoms with Gasteiger partial charge in [-0.2, -0.15) is 0 Å². The lowest BCUT2D eigenvalue weighted by Gasteiger charge is -2.34. The van der Waals surface area contributed by atoms with E-state index in [1.165, 1.54) is 0 Å². The van der Waals surface area contributed by atoms with Crippen LogP contribution in [0.15, 0.2) is 60.9 Å². The number of nitrogens with zero attached hydrogens (tertiary/aromatic N) is 5. The fourth-order valence-corrected chi connectivity index (χ4v) is 4.30. The van der Waals surface area contributed by atoms with Gasteiger partial charge in [-0.25, -0.2) is 9.97 Å². The highest BCUT2D eigenvalue weighted by molar-refractivity contribution is 5.98. The lowest BCUT2D eigenvalue weighted by molar-refractivity contribution is 0.0590. The molecule has 0 bridgehead atoms. The molecule has 1 amide bonds. The monoisotopic (exact) mass is 456 g/mol. The van der Waals surface area contributed by atoms with Gasteiger partial charge in [-0.05, 0) is 42.0 Å². The second kappa shape index (κ2) is 10.1. The van der Waals surface area contributed by atoms with E-state index in [0.717, 1.165) is 73.0 Å². The Labute approximate surface area is 198 Å². The first-order valence-corrected chi connectivity index (χ1v) is 11.5. The Hall–Kier alpha value is -3.62. The van der Waals surface area contributed by atoms with Crippen molar-refractivity contribution in [2.75, 3.05) is 46.4 Å². The van der Waals surface area contributed by atoms with Crippen molar-refractivity contribution >= 4 is 16.8 Å². The molecule has 34 heavy (non-hydrogen) atoms. The van der Waals surface area contributed by atoms with Crippen molar-refractivity contribution in [1.29, 1.82) is 0 Å². The highest BCUT2D eigenvalue weighted by Gasteiger charge is 2.23. The highest BCUT2D eigenvalue weighted by Crippen LogP contribution is 2.21. The number of carbonyl (C=O) groups excluding carboxylic acids is 1. The summed E-state index contributed by atoms with van der Waals surface area (Å²) in [5.74, 6) is 0.788. The van der Waals surface area contributed by atoms with Gasteiger partial charge in [0.15, 0.2) is 0 Å². The summed E-state index contributed by atoms with van der Waals surface area (Å²) in [5, 5.41) is 1.01. The number of methoxy groups -OCH3 is 1. The van der Waals surface area contributed by atoms with E-state index in [0.29, 0.717) is 12.1 Å². The normalized spacial score (nSPS) is 14.6. The molecule has 1 aromatic carbocycles. The van der Waals surface area contributed by atoms with Gasteiger partial charge < -0.3 is 14.6 Å². The number of hydrogen-bond acceptors (Lipinski definition) is 6. The molecule has 4 heterocycles. The molecule has 4 aromatic rings. The third-order valence-electron chi connectivity index (χ3n) is 6.18. The Morgan fingerprint density at radius 2 is 1.88 bits per heavy atom. The summed E-state index contributed by atoms with van der Waals surface area (Å²) in [6, 6.07) is 15.8. The van der Waals surface area contributed by atoms with Gasteiger partial charge in [-0.3, -0.25) is 14.7 Å². The van der Waals surface area contributed by atoms with Crippen LogP contribution in [-0.4, -0.2) is 82.1 Å². The van der Waals surface area contributed by atoms with Crippen LogP contribution in [0.25, 0.3) is 22.3 Å². The Kier molecular flexibility index (Phi) is 6.60. The highest BCUT2D eigenvalue weighted by atomic mass is 16.5. The van der Waals surface area contributed by atoms with E-state index in [9.17, 15) is 4.79 Å². The quantitative estimate of drug-likeness (QED) is 0.460. The number of benzene rings is 1. The summed E-state index contributed by atoms with van der Waals surface area (Å²) in [5.41, 5.74) is 4.31. The van der Waals surface area contributed by atoms with Gasteiger partial charge in [-0.1, -0.05) is 12.1 Å².